The number of nitrogens with one attached hydrogen (secondary N) is 2. The van der Waals surface area contributed by atoms with Crippen LogP contribution in [0.2, 0.25) is 0 Å². The Morgan fingerprint density at radius 1 is 1.44 bits per heavy atom. The molecule has 0 saturated carbocycles. The summed E-state index contributed by atoms with van der Waals surface area (Å²) in [5, 5.41) is 15.7. The van der Waals surface area contributed by atoms with E-state index >= 15 is 0 Å². The number of urea groups is 1. The Labute approximate surface area is 160 Å². The Hall–Kier alpha value is -2.65. The molecule has 0 radical (unpaired) electrons. The molecule has 4 rings (SSSR count). The van der Waals surface area contributed by atoms with Crippen LogP contribution in [0.5, 0.6) is 0 Å². The molecule has 0 saturated heterocycles. The van der Waals surface area contributed by atoms with Crippen LogP contribution in [0.1, 0.15) is 29.1 Å². The highest BCUT2D eigenvalue weighted by Crippen LogP contribution is 2.41. The predicted molar refractivity (Wildman–Crippen MR) is 104 cm³/mol. The van der Waals surface area contributed by atoms with Crippen LogP contribution in [0.15, 0.2) is 22.6 Å². The maximum atomic E-state index is 11.6. The minimum absolute atomic E-state index is 0.0444. The molecule has 3 N–H and O–H groups in total. The van der Waals surface area contributed by atoms with E-state index in [4.69, 9.17) is 4.42 Å². The van der Waals surface area contributed by atoms with E-state index in [1.807, 2.05) is 36.9 Å². The molecular weight excluding hydrogens is 366 g/mol. The molecule has 2 amide bonds. The summed E-state index contributed by atoms with van der Waals surface area (Å²) in [6.07, 6.45) is 0.555. The number of aliphatic hydroxyl groups is 1. The number of hydrogen-bond acceptors (Lipinski definition) is 7. The Balaban J connectivity index is 1.71. The molecule has 0 bridgehead atoms. The van der Waals surface area contributed by atoms with Crippen LogP contribution in [0, 0.1) is 6.92 Å². The topological polar surface area (TPSA) is 104 Å². The van der Waals surface area contributed by atoms with Crippen molar-refractivity contribution in [2.75, 3.05) is 23.9 Å². The van der Waals surface area contributed by atoms with Gasteiger partial charge in [0.25, 0.3) is 6.01 Å². The third kappa shape index (κ3) is 3.13. The first-order valence-electron chi connectivity index (χ1n) is 8.75. The zero-order chi connectivity index (χ0) is 19.1. The van der Waals surface area contributed by atoms with E-state index in [1.54, 1.807) is 7.05 Å². The minimum atomic E-state index is -0.307. The monoisotopic (exact) mass is 387 g/mol. The molecule has 2 atom stereocenters. The molecule has 27 heavy (non-hydrogen) atoms. The van der Waals surface area contributed by atoms with Crippen LogP contribution in [-0.4, -0.2) is 40.8 Å². The van der Waals surface area contributed by atoms with E-state index in [9.17, 15) is 9.90 Å². The van der Waals surface area contributed by atoms with Crippen molar-refractivity contribution in [1.82, 2.24) is 15.3 Å². The maximum Gasteiger partial charge on any atom is 0.320 e. The lowest BCUT2D eigenvalue weighted by atomic mass is 10.00. The highest BCUT2D eigenvalue weighted by molar-refractivity contribution is 7.16. The van der Waals surface area contributed by atoms with Crippen LogP contribution in [-0.2, 0) is 6.42 Å². The Kier molecular flexibility index (Phi) is 4.48. The molecule has 142 valence electrons. The van der Waals surface area contributed by atoms with E-state index in [2.05, 4.69) is 20.6 Å². The molecule has 1 aromatic carbocycles. The molecule has 2 aromatic heterocycles. The molecule has 0 spiro atoms. The summed E-state index contributed by atoms with van der Waals surface area (Å²) < 4.78 is 5.98. The van der Waals surface area contributed by atoms with Crippen molar-refractivity contribution in [2.45, 2.75) is 32.4 Å². The minimum Gasteiger partial charge on any atom is -0.423 e. The van der Waals surface area contributed by atoms with Crippen molar-refractivity contribution in [2.24, 2.45) is 0 Å². The molecular formula is C18H21N5O3S. The lowest BCUT2D eigenvalue weighted by Crippen LogP contribution is -2.45. The highest BCUT2D eigenvalue weighted by atomic mass is 32.1. The van der Waals surface area contributed by atoms with Gasteiger partial charge in [-0.15, -0.1) is 0 Å². The van der Waals surface area contributed by atoms with Crippen LogP contribution in [0.25, 0.3) is 11.1 Å². The number of aliphatic hydroxyl groups excluding tert-OH is 1. The van der Waals surface area contributed by atoms with Gasteiger partial charge in [-0.25, -0.2) is 9.78 Å². The van der Waals surface area contributed by atoms with Crippen LogP contribution >= 0.6 is 11.3 Å². The standard InChI is InChI=1S/C18H21N5O3S/c1-9-4-5-14-12(6-9)21-18(26-14)23-10(2)15-13(7-11(23)8-24)20-17(27-15)22-16(25)19-3/h4-6,10-11,24H,7-8H2,1-3H3,(H2,19,20,22,25)/t10-,11-/m0/s1. The Morgan fingerprint density at radius 2 is 2.26 bits per heavy atom. The number of amides is 2. The fourth-order valence-corrected chi connectivity index (χ4v) is 4.46. The first kappa shape index (κ1) is 17.7. The lowest BCUT2D eigenvalue weighted by Gasteiger charge is -2.37. The molecule has 3 aromatic rings. The second-order valence-electron chi connectivity index (χ2n) is 6.63. The number of benzene rings is 1. The van der Waals surface area contributed by atoms with Crippen molar-refractivity contribution in [3.05, 3.63) is 34.3 Å². The second kappa shape index (κ2) is 6.82. The van der Waals surface area contributed by atoms with Gasteiger partial charge < -0.3 is 19.7 Å². The number of nitrogens with zero attached hydrogens (tertiary/aromatic N) is 3. The van der Waals surface area contributed by atoms with Crippen molar-refractivity contribution in [1.29, 1.82) is 0 Å². The highest BCUT2D eigenvalue weighted by Gasteiger charge is 2.37. The normalized spacial score (nSPS) is 19.2. The number of oxazole rings is 1. The lowest BCUT2D eigenvalue weighted by molar-refractivity contribution is 0.242. The van der Waals surface area contributed by atoms with Gasteiger partial charge in [0, 0.05) is 13.5 Å². The number of aromatic nitrogens is 2. The van der Waals surface area contributed by atoms with Gasteiger partial charge in [-0.1, -0.05) is 17.4 Å². The van der Waals surface area contributed by atoms with E-state index in [0.29, 0.717) is 17.6 Å². The summed E-state index contributed by atoms with van der Waals surface area (Å²) in [6, 6.07) is 5.77. The largest absolute Gasteiger partial charge is 0.423 e. The summed E-state index contributed by atoms with van der Waals surface area (Å²) in [6.45, 7) is 4.00. The molecule has 0 fully saturated rings. The van der Waals surface area contributed by atoms with Gasteiger partial charge >= 0.3 is 6.03 Å². The Bertz CT molecular complexity index is 998. The molecule has 8 nitrogen and oxygen atoms in total. The van der Waals surface area contributed by atoms with Crippen molar-refractivity contribution >= 4 is 39.6 Å². The summed E-state index contributed by atoms with van der Waals surface area (Å²) in [5.74, 6) is 0. The number of aryl methyl sites for hydroxylation is 1. The first-order valence-corrected chi connectivity index (χ1v) is 9.56. The van der Waals surface area contributed by atoms with E-state index in [0.717, 1.165) is 27.2 Å². The van der Waals surface area contributed by atoms with E-state index < -0.39 is 0 Å². The number of thiazole rings is 1. The quantitative estimate of drug-likeness (QED) is 0.638. The molecule has 1 aliphatic heterocycles. The van der Waals surface area contributed by atoms with E-state index in [-0.39, 0.29) is 24.7 Å². The number of carbonyl (C=O) groups is 1. The smallest absolute Gasteiger partial charge is 0.320 e. The van der Waals surface area contributed by atoms with Crippen molar-refractivity contribution < 1.29 is 14.3 Å². The molecule has 0 unspecified atom stereocenters. The average Bonchev–Trinajstić information content (AvgIpc) is 3.24. The molecule has 3 heterocycles. The van der Waals surface area contributed by atoms with Crippen molar-refractivity contribution in [3.8, 4) is 0 Å². The van der Waals surface area contributed by atoms with Crippen LogP contribution in [0.3, 0.4) is 0 Å². The van der Waals surface area contributed by atoms with Gasteiger partial charge in [-0.3, -0.25) is 5.32 Å². The Morgan fingerprint density at radius 3 is 3.00 bits per heavy atom. The van der Waals surface area contributed by atoms with Gasteiger partial charge in [0.15, 0.2) is 10.7 Å². The number of anilines is 2. The number of hydrogen-bond donors (Lipinski definition) is 3. The van der Waals surface area contributed by atoms with Crippen LogP contribution < -0.4 is 15.5 Å². The maximum absolute atomic E-state index is 11.6. The fraction of sp³-hybridized carbons (Fsp3) is 0.389. The van der Waals surface area contributed by atoms with E-state index in [1.165, 1.54) is 11.3 Å². The zero-order valence-corrected chi connectivity index (χ0v) is 16.1. The predicted octanol–water partition coefficient (Wildman–Crippen LogP) is 2.83. The summed E-state index contributed by atoms with van der Waals surface area (Å²) >= 11 is 1.43. The molecule has 9 heteroatoms. The summed E-state index contributed by atoms with van der Waals surface area (Å²) in [4.78, 5) is 23.8. The van der Waals surface area contributed by atoms with Crippen molar-refractivity contribution in [3.63, 3.8) is 0 Å². The molecule has 0 aliphatic carbocycles. The van der Waals surface area contributed by atoms with Gasteiger partial charge in [0.1, 0.15) is 5.52 Å². The zero-order valence-electron chi connectivity index (χ0n) is 15.3. The fourth-order valence-electron chi connectivity index (χ4n) is 3.42. The van der Waals surface area contributed by atoms with Crippen LogP contribution in [0.4, 0.5) is 15.9 Å². The summed E-state index contributed by atoms with van der Waals surface area (Å²) in [7, 11) is 1.56. The summed E-state index contributed by atoms with van der Waals surface area (Å²) in [5.41, 5.74) is 3.52. The third-order valence-corrected chi connectivity index (χ3v) is 5.94. The number of carbonyl (C=O) groups excluding carboxylic acids is 1. The number of fused-ring (bicyclic) bond motifs is 2. The SMILES string of the molecule is CNC(=O)Nc1nc2c(s1)[C@H](C)N(c1nc3cc(C)ccc3o1)[C@H](CO)C2. The van der Waals surface area contributed by atoms with Gasteiger partial charge in [-0.05, 0) is 31.5 Å². The van der Waals surface area contributed by atoms with Gasteiger partial charge in [-0.2, -0.15) is 4.98 Å². The second-order valence-corrected chi connectivity index (χ2v) is 7.66. The third-order valence-electron chi connectivity index (χ3n) is 4.76. The molecule has 1 aliphatic rings. The van der Waals surface area contributed by atoms with Gasteiger partial charge in [0.2, 0.25) is 0 Å². The number of rotatable bonds is 3. The average molecular weight is 387 g/mol. The first-order chi connectivity index (χ1) is 13.0. The van der Waals surface area contributed by atoms with Gasteiger partial charge in [0.05, 0.1) is 29.3 Å².